The number of imide groups is 2. The number of amides is 5. The van der Waals surface area contributed by atoms with Crippen LogP contribution in [0.15, 0.2) is 36.4 Å². The summed E-state index contributed by atoms with van der Waals surface area (Å²) in [5.74, 6) is 0.362. The fraction of sp³-hybridized carbons (Fsp3) is 0.580. The molecule has 0 saturated heterocycles. The van der Waals surface area contributed by atoms with Crippen LogP contribution >= 0.6 is 0 Å². The van der Waals surface area contributed by atoms with E-state index in [1.807, 2.05) is 119 Å². The van der Waals surface area contributed by atoms with Gasteiger partial charge in [-0.2, -0.15) is 0 Å². The Morgan fingerprint density at radius 2 is 0.780 bits per heavy atom. The number of hydrogen-bond acceptors (Lipinski definition) is 6. The number of nitrogens with zero attached hydrogens (tertiary/aromatic N) is 3. The van der Waals surface area contributed by atoms with Crippen LogP contribution in [0.5, 0.6) is 11.5 Å². The number of phenols is 2. The van der Waals surface area contributed by atoms with E-state index in [1.54, 1.807) is 7.05 Å². The maximum atomic E-state index is 14.9. The summed E-state index contributed by atoms with van der Waals surface area (Å²) in [6.07, 6.45) is 0.458. The number of rotatable bonds is 8. The molecule has 5 amide bonds. The highest BCUT2D eigenvalue weighted by molar-refractivity contribution is 5.97. The van der Waals surface area contributed by atoms with Crippen molar-refractivity contribution < 1.29 is 29.7 Å². The summed E-state index contributed by atoms with van der Waals surface area (Å²) in [4.78, 5) is 46.3. The molecule has 0 saturated carbocycles. The molecular formula is C50H75N3O6. The third-order valence-electron chi connectivity index (χ3n) is 10.9. The van der Waals surface area contributed by atoms with Gasteiger partial charge >= 0.3 is 12.1 Å². The van der Waals surface area contributed by atoms with Gasteiger partial charge in [0.1, 0.15) is 11.5 Å². The second-order valence-electron chi connectivity index (χ2n) is 22.6. The van der Waals surface area contributed by atoms with Crippen LogP contribution < -0.4 is 0 Å². The van der Waals surface area contributed by atoms with Gasteiger partial charge in [-0.15, -0.1) is 0 Å². The highest BCUT2D eigenvalue weighted by Gasteiger charge is 2.34. The molecule has 0 heterocycles. The molecule has 0 bridgehead atoms. The summed E-state index contributed by atoms with van der Waals surface area (Å²) in [5, 5.41) is 33.4. The minimum atomic E-state index is -0.802. The van der Waals surface area contributed by atoms with Gasteiger partial charge < -0.3 is 20.2 Å². The molecule has 3 rings (SSSR count). The number of carbonyl (C=O) groups is 3. The summed E-state index contributed by atoms with van der Waals surface area (Å²) in [5.41, 5.74) is 5.29. The van der Waals surface area contributed by atoms with Crippen LogP contribution in [-0.4, -0.2) is 55.5 Å². The third-order valence-corrected chi connectivity index (χ3v) is 10.9. The van der Waals surface area contributed by atoms with E-state index in [0.717, 1.165) is 32.1 Å². The summed E-state index contributed by atoms with van der Waals surface area (Å²) in [6, 6.07) is 9.99. The first-order chi connectivity index (χ1) is 26.5. The quantitative estimate of drug-likeness (QED) is 0.195. The van der Waals surface area contributed by atoms with E-state index in [-0.39, 0.29) is 48.6 Å². The van der Waals surface area contributed by atoms with Crippen LogP contribution in [0.3, 0.4) is 0 Å². The highest BCUT2D eigenvalue weighted by Crippen LogP contribution is 2.42. The number of aliphatic hydroxyl groups excluding tert-OH is 1. The number of carbonyl (C=O) groups excluding carboxylic acids is 3. The summed E-state index contributed by atoms with van der Waals surface area (Å²) >= 11 is 0. The lowest BCUT2D eigenvalue weighted by atomic mass is 9.75. The van der Waals surface area contributed by atoms with E-state index >= 15 is 0 Å². The van der Waals surface area contributed by atoms with Gasteiger partial charge in [-0.25, -0.2) is 14.5 Å². The highest BCUT2D eigenvalue weighted by atomic mass is 16.3. The van der Waals surface area contributed by atoms with Gasteiger partial charge in [0.15, 0.2) is 0 Å². The number of hydrogen-bond donors (Lipinski definition) is 3. The van der Waals surface area contributed by atoms with Crippen LogP contribution in [0.1, 0.15) is 180 Å². The van der Waals surface area contributed by atoms with E-state index < -0.39 is 33.7 Å². The Kier molecular flexibility index (Phi) is 14.1. The SMILES string of the molecule is CN(Cc1cc(C(C)(C)C)c(CO)c(C(C)(C)C)c1)C(=O)N(Cc1cc(C(C)(C)C)c(O)c(C(C)(C)C)c1)C(=O)N(C=O)Cc1cc(C(C)(C)C)c(O)c(C(C)(C)C)c1. The van der Waals surface area contributed by atoms with Gasteiger partial charge in [0.25, 0.3) is 0 Å². The van der Waals surface area contributed by atoms with Crippen LogP contribution in [0.2, 0.25) is 0 Å². The van der Waals surface area contributed by atoms with Crippen molar-refractivity contribution in [1.29, 1.82) is 0 Å². The fourth-order valence-electron chi connectivity index (χ4n) is 7.64. The third kappa shape index (κ3) is 11.5. The van der Waals surface area contributed by atoms with Gasteiger partial charge in [-0.1, -0.05) is 137 Å². The Labute approximate surface area is 355 Å². The predicted molar refractivity (Wildman–Crippen MR) is 240 cm³/mol. The molecule has 3 aromatic carbocycles. The Balaban J connectivity index is 2.27. The molecule has 0 spiro atoms. The van der Waals surface area contributed by atoms with E-state index in [1.165, 1.54) is 4.90 Å². The molecule has 0 aromatic heterocycles. The molecule has 0 aliphatic heterocycles. The van der Waals surface area contributed by atoms with Crippen LogP contribution in [0, 0.1) is 0 Å². The number of phenolic OH excluding ortho intramolecular Hbond substituents is 2. The largest absolute Gasteiger partial charge is 0.507 e. The van der Waals surface area contributed by atoms with Crippen molar-refractivity contribution in [2.45, 2.75) is 183 Å². The molecule has 0 fully saturated rings. The lowest BCUT2D eigenvalue weighted by molar-refractivity contribution is -0.116. The Hall–Kier alpha value is -4.37. The lowest BCUT2D eigenvalue weighted by Gasteiger charge is -2.33. The molecule has 9 nitrogen and oxygen atoms in total. The molecule has 0 radical (unpaired) electrons. The molecule has 59 heavy (non-hydrogen) atoms. The van der Waals surface area contributed by atoms with Crippen molar-refractivity contribution in [1.82, 2.24) is 14.7 Å². The number of benzene rings is 3. The number of aromatic hydroxyl groups is 2. The average molecular weight is 814 g/mol. The maximum Gasteiger partial charge on any atom is 0.335 e. The molecular weight excluding hydrogens is 739 g/mol. The van der Waals surface area contributed by atoms with Gasteiger partial charge in [-0.3, -0.25) is 9.69 Å². The molecule has 0 aliphatic rings. The van der Waals surface area contributed by atoms with Crippen molar-refractivity contribution in [3.8, 4) is 11.5 Å². The Morgan fingerprint density at radius 3 is 1.07 bits per heavy atom. The van der Waals surface area contributed by atoms with E-state index in [0.29, 0.717) is 39.8 Å². The van der Waals surface area contributed by atoms with Gasteiger partial charge in [0, 0.05) is 13.6 Å². The minimum absolute atomic E-state index is 0.118. The molecule has 0 aliphatic carbocycles. The van der Waals surface area contributed by atoms with Crippen molar-refractivity contribution in [3.63, 3.8) is 0 Å². The second-order valence-corrected chi connectivity index (χ2v) is 22.6. The van der Waals surface area contributed by atoms with Crippen molar-refractivity contribution in [2.24, 2.45) is 0 Å². The first-order valence-corrected chi connectivity index (χ1v) is 20.8. The maximum absolute atomic E-state index is 14.9. The van der Waals surface area contributed by atoms with Crippen LogP contribution in [-0.2, 0) is 63.5 Å². The second kappa shape index (κ2) is 16.9. The summed E-state index contributed by atoms with van der Waals surface area (Å²) < 4.78 is 0. The number of urea groups is 2. The zero-order valence-corrected chi connectivity index (χ0v) is 39.8. The predicted octanol–water partition coefficient (Wildman–Crippen LogP) is 11.2. The van der Waals surface area contributed by atoms with Gasteiger partial charge in [-0.05, 0) is 112 Å². The topological polar surface area (TPSA) is 122 Å². The first kappa shape index (κ1) is 49.0. The number of aliphatic hydroxyl groups is 1. The van der Waals surface area contributed by atoms with Gasteiger partial charge in [0.05, 0.1) is 19.7 Å². The van der Waals surface area contributed by atoms with Crippen molar-refractivity contribution in [3.05, 3.63) is 92.0 Å². The monoisotopic (exact) mass is 814 g/mol. The van der Waals surface area contributed by atoms with Crippen LogP contribution in [0.4, 0.5) is 9.59 Å². The molecule has 0 atom stereocenters. The minimum Gasteiger partial charge on any atom is -0.507 e. The standard InChI is InChI=1S/C50H75N3O6/c1-45(2,3)35-20-31(21-36(34(35)29-54)46(4,5)6)26-51(19)43(58)53(28-33-24-39(49(13,14)15)42(57)40(25-33)50(16,17)18)44(59)52(30-55)27-32-22-37(47(7,8)9)41(56)38(23-32)48(10,11)12/h20-25,30,54,56-57H,26-29H2,1-19H3. The molecule has 9 heteroatoms. The van der Waals surface area contributed by atoms with E-state index in [9.17, 15) is 29.7 Å². The zero-order valence-electron chi connectivity index (χ0n) is 39.8. The Bertz CT molecular complexity index is 1930. The summed E-state index contributed by atoms with van der Waals surface area (Å²) in [6.45, 7) is 36.3. The zero-order chi connectivity index (χ0) is 45.6. The molecule has 3 N–H and O–H groups in total. The Morgan fingerprint density at radius 1 is 0.492 bits per heavy atom. The van der Waals surface area contributed by atoms with Crippen molar-refractivity contribution in [2.75, 3.05) is 7.05 Å². The average Bonchev–Trinajstić information content (AvgIpc) is 3.06. The fourth-order valence-corrected chi connectivity index (χ4v) is 7.64. The van der Waals surface area contributed by atoms with Crippen LogP contribution in [0.25, 0.3) is 0 Å². The van der Waals surface area contributed by atoms with Crippen molar-refractivity contribution >= 4 is 18.5 Å². The van der Waals surface area contributed by atoms with Gasteiger partial charge in [0.2, 0.25) is 6.41 Å². The molecule has 0 unspecified atom stereocenters. The summed E-state index contributed by atoms with van der Waals surface area (Å²) in [7, 11) is 1.64. The molecule has 3 aromatic rings. The smallest absolute Gasteiger partial charge is 0.335 e. The van der Waals surface area contributed by atoms with E-state index in [4.69, 9.17) is 0 Å². The molecule has 326 valence electrons. The van der Waals surface area contributed by atoms with E-state index in [2.05, 4.69) is 41.5 Å². The normalized spacial score (nSPS) is 13.0. The lowest BCUT2D eigenvalue weighted by Crippen LogP contribution is -2.49. The first-order valence-electron chi connectivity index (χ1n) is 20.8.